The van der Waals surface area contributed by atoms with Crippen LogP contribution in [0.5, 0.6) is 0 Å². The van der Waals surface area contributed by atoms with Crippen LogP contribution in [-0.4, -0.2) is 385 Å². The van der Waals surface area contributed by atoms with Crippen LogP contribution in [0, 0.1) is 0 Å². The first-order valence-electron chi connectivity index (χ1n) is 27.2. The van der Waals surface area contributed by atoms with Crippen LogP contribution in [0.3, 0.4) is 0 Å². The van der Waals surface area contributed by atoms with Gasteiger partial charge in [0.05, 0.1) is 33.0 Å². The molecular formula is C47H78O38. The van der Waals surface area contributed by atoms with Gasteiger partial charge in [-0.25, -0.2) is 0 Å². The number of methoxy groups -OCH3 is 3. The third kappa shape index (κ3) is 13.7. The first-order chi connectivity index (χ1) is 40.5. The molecule has 0 aromatic rings. The SMILES string of the molecule is COC1O[C@H]2O[C@H]3C(CO)O[C@@H](O[C@H]4C(CO)O[C@@H](O[C@H]5C(CO)O[C@@H](O[C@H]6CO[C@@H](O[C@H]7C(CO)O[C@@H](O[C@H]8C(OC)O[C@@H](O[C@H]9C(OC)O[C@@H](O[C@@H]1CC2O)C(O)[C@H]9O)C(O)[C@H]8O)C(O)[C@H]7O)C(O)[C@H]6O)C(O)[C@H]5O)C(O)[C@H]4O)C(O)[C@H]3O. The lowest BCUT2D eigenvalue weighted by atomic mass is 9.95. The van der Waals surface area contributed by atoms with E-state index in [1.165, 1.54) is 0 Å². The molecule has 494 valence electrons. The van der Waals surface area contributed by atoms with E-state index in [1.54, 1.807) is 0 Å². The van der Waals surface area contributed by atoms with Gasteiger partial charge in [0.25, 0.3) is 0 Å². The van der Waals surface area contributed by atoms with Gasteiger partial charge in [0.2, 0.25) is 0 Å². The Labute approximate surface area is 481 Å². The summed E-state index contributed by atoms with van der Waals surface area (Å²) in [6, 6.07) is 0. The van der Waals surface area contributed by atoms with Crippen LogP contribution in [0.2, 0.25) is 0 Å². The van der Waals surface area contributed by atoms with E-state index in [2.05, 4.69) is 0 Å². The molecule has 0 spiro atoms. The Kier molecular flexibility index (Phi) is 23.1. The van der Waals surface area contributed by atoms with E-state index in [-0.39, 0.29) is 0 Å². The quantitative estimate of drug-likeness (QED) is 0.113. The van der Waals surface area contributed by atoms with E-state index in [0.29, 0.717) is 0 Å². The van der Waals surface area contributed by atoms with E-state index >= 15 is 0 Å². The Morgan fingerprint density at radius 3 is 0.906 bits per heavy atom. The van der Waals surface area contributed by atoms with Crippen molar-refractivity contribution >= 4 is 0 Å². The van der Waals surface area contributed by atoms with Gasteiger partial charge in [-0.3, -0.25) is 0 Å². The lowest BCUT2D eigenvalue weighted by Crippen LogP contribution is -2.68. The summed E-state index contributed by atoms with van der Waals surface area (Å²) in [4.78, 5) is 0. The highest BCUT2D eigenvalue weighted by Gasteiger charge is 2.59. The lowest BCUT2D eigenvalue weighted by Gasteiger charge is -2.49. The largest absolute Gasteiger partial charge is 0.394 e. The van der Waals surface area contributed by atoms with Gasteiger partial charge in [-0.1, -0.05) is 0 Å². The predicted octanol–water partition coefficient (Wildman–Crippen LogP) is -13.9. The number of hydrogen-bond acceptors (Lipinski definition) is 38. The van der Waals surface area contributed by atoms with Crippen molar-refractivity contribution < 1.29 is 187 Å². The molecule has 0 aromatic heterocycles. The van der Waals surface area contributed by atoms with E-state index in [4.69, 9.17) is 90.0 Å². The zero-order chi connectivity index (χ0) is 61.6. The van der Waals surface area contributed by atoms with Gasteiger partial charge >= 0.3 is 0 Å². The van der Waals surface area contributed by atoms with Crippen molar-refractivity contribution in [1.82, 2.24) is 0 Å². The van der Waals surface area contributed by atoms with Gasteiger partial charge in [-0.2, -0.15) is 0 Å². The van der Waals surface area contributed by atoms with Crippen LogP contribution in [-0.2, 0) is 90.0 Å². The minimum absolute atomic E-state index is 0.466. The predicted molar refractivity (Wildman–Crippen MR) is 253 cm³/mol. The van der Waals surface area contributed by atoms with Crippen LogP contribution in [0.4, 0.5) is 0 Å². The van der Waals surface area contributed by atoms with E-state index < -0.39 is 273 Å². The van der Waals surface area contributed by atoms with Crippen molar-refractivity contribution in [2.75, 3.05) is 54.4 Å². The fraction of sp³-hybridized carbons (Fsp3) is 1.00. The molecule has 15 unspecified atom stereocenters. The van der Waals surface area contributed by atoms with Gasteiger partial charge in [0.1, 0.15) is 165 Å². The van der Waals surface area contributed by atoms with Crippen LogP contribution in [0.15, 0.2) is 0 Å². The molecule has 0 amide bonds. The van der Waals surface area contributed by atoms with Crippen LogP contribution in [0.1, 0.15) is 6.42 Å². The average molecular weight is 1250 g/mol. The molecule has 16 bridgehead atoms. The van der Waals surface area contributed by atoms with Gasteiger partial charge in [0, 0.05) is 27.8 Å². The second-order valence-corrected chi connectivity index (χ2v) is 21.6. The number of rotatable bonds is 7. The second kappa shape index (κ2) is 29.0. The summed E-state index contributed by atoms with van der Waals surface area (Å²) in [5.74, 6) is 0. The molecular weight excluding hydrogens is 1170 g/mol. The molecule has 85 heavy (non-hydrogen) atoms. The van der Waals surface area contributed by atoms with Gasteiger partial charge in [-0.15, -0.1) is 0 Å². The fourth-order valence-electron chi connectivity index (χ4n) is 11.3. The minimum atomic E-state index is -2.17. The smallest absolute Gasteiger partial charge is 0.189 e. The number of hydrogen-bond donors (Lipinski definition) is 19. The molecule has 38 heteroatoms. The Morgan fingerprint density at radius 2 is 0.541 bits per heavy atom. The second-order valence-electron chi connectivity index (χ2n) is 21.6. The molecule has 30 saturated heterocycles. The van der Waals surface area contributed by atoms with Gasteiger partial charge < -0.3 is 187 Å². The highest BCUT2D eigenvalue weighted by Crippen LogP contribution is 2.39. The summed E-state index contributed by atoms with van der Waals surface area (Å²) in [6.07, 6.45) is -72.2. The molecule has 30 aliphatic rings. The summed E-state index contributed by atoms with van der Waals surface area (Å²) < 4.78 is 108. The van der Waals surface area contributed by atoms with Crippen LogP contribution < -0.4 is 0 Å². The molecule has 19 N–H and O–H groups in total. The third-order valence-electron chi connectivity index (χ3n) is 16.1. The topological polar surface area (TPSA) is 560 Å². The maximum Gasteiger partial charge on any atom is 0.189 e. The van der Waals surface area contributed by atoms with Gasteiger partial charge in [0.15, 0.2) is 69.2 Å². The van der Waals surface area contributed by atoms with E-state index in [1.807, 2.05) is 0 Å². The normalized spacial score (nSPS) is 55.1. The van der Waals surface area contributed by atoms with Gasteiger partial charge in [-0.05, 0) is 0 Å². The molecule has 38 atom stereocenters. The Bertz CT molecular complexity index is 2050. The summed E-state index contributed by atoms with van der Waals surface area (Å²) in [5, 5.41) is 211. The highest BCUT2D eigenvalue weighted by molar-refractivity contribution is 5.00. The summed E-state index contributed by atoms with van der Waals surface area (Å²) >= 11 is 0. The van der Waals surface area contributed by atoms with Crippen molar-refractivity contribution in [3.63, 3.8) is 0 Å². The summed E-state index contributed by atoms with van der Waals surface area (Å²) in [7, 11) is 3.31. The summed E-state index contributed by atoms with van der Waals surface area (Å²) in [5.41, 5.74) is 0. The number of aliphatic hydroxyl groups excluding tert-OH is 19. The maximum atomic E-state index is 11.4. The summed E-state index contributed by atoms with van der Waals surface area (Å²) in [6.45, 7) is -4.67. The average Bonchev–Trinajstić information content (AvgIpc) is 3.68. The third-order valence-corrected chi connectivity index (χ3v) is 16.1. The highest BCUT2D eigenvalue weighted by atomic mass is 16.8. The Morgan fingerprint density at radius 1 is 0.271 bits per heavy atom. The van der Waals surface area contributed by atoms with Crippen molar-refractivity contribution in [2.45, 2.75) is 240 Å². The molecule has 0 radical (unpaired) electrons. The monoisotopic (exact) mass is 1250 g/mol. The Hall–Kier alpha value is -1.52. The first kappa shape index (κ1) is 67.9. The first-order valence-corrected chi connectivity index (χ1v) is 27.2. The standard InChI is InChI=1S/C47H78O38/c1-67-38-11-4-10(52)37(83-38)77-31-12(5-48)73-41(26(62)19(31)55)80-34-15(8-51)74-42(27(63)21(34)57)79-33-14(7-50)72-40(25(61)18(33)54)76-16-9-70-39(24(60)17(16)53)78-32-13(6-49)75-43(28(64)20(32)56)81-35-23(59)30(66)45(85-47(35)69-3)82-36-22(58)29(65)44(71-11)84-46(36)68-2/h10-66H,4-9H2,1-3H3/t10?,11-,12?,13?,14?,15?,16+,17+,18-,19-,20-,21-,22-,23-,24?,25?,26?,27?,28?,29?,30?,31+,32+,33+,34+,35-,36-,37-,38?,39+,40+,41+,42+,43+,44-,45-,46?,47?/m1/s1. The van der Waals surface area contributed by atoms with Crippen LogP contribution in [0.25, 0.3) is 0 Å². The fourth-order valence-corrected chi connectivity index (χ4v) is 11.3. The zero-order valence-electron chi connectivity index (χ0n) is 45.4. The molecule has 30 rings (SSSR count). The van der Waals surface area contributed by atoms with Crippen molar-refractivity contribution in [1.29, 1.82) is 0 Å². The van der Waals surface area contributed by atoms with Crippen molar-refractivity contribution in [3.05, 3.63) is 0 Å². The Balaban J connectivity index is 0.952. The van der Waals surface area contributed by atoms with Crippen molar-refractivity contribution in [3.8, 4) is 0 Å². The van der Waals surface area contributed by atoms with Crippen LogP contribution >= 0.6 is 0 Å². The molecule has 38 nitrogen and oxygen atoms in total. The zero-order valence-corrected chi connectivity index (χ0v) is 45.4. The molecule has 30 fully saturated rings. The van der Waals surface area contributed by atoms with Crippen molar-refractivity contribution in [2.24, 2.45) is 0 Å². The number of aliphatic hydroxyl groups is 19. The van der Waals surface area contributed by atoms with E-state index in [0.717, 1.165) is 21.3 Å². The molecule has 0 aromatic carbocycles. The molecule has 0 aliphatic carbocycles. The molecule has 30 aliphatic heterocycles. The molecule has 30 heterocycles. The number of ether oxygens (including phenoxy) is 19. The minimum Gasteiger partial charge on any atom is -0.394 e. The molecule has 0 saturated carbocycles. The lowest BCUT2D eigenvalue weighted by molar-refractivity contribution is -0.424. The van der Waals surface area contributed by atoms with E-state index in [9.17, 15) is 97.0 Å². The maximum absolute atomic E-state index is 11.4.